The number of hydrogen-bond acceptors (Lipinski definition) is 7. The summed E-state index contributed by atoms with van der Waals surface area (Å²) in [5, 5.41) is 31.8. The molecule has 2 aliphatic heterocycles. The smallest absolute Gasteiger partial charge is 0.269 e. The van der Waals surface area contributed by atoms with Crippen molar-refractivity contribution in [1.29, 1.82) is 0 Å². The standard InChI is InChI=1S/C18H17N3O7/c22-9-18-10-27-16(12-1-5-14(6-2-12)20(23)24)19(18)17(28-11-18)13-3-7-15(8-4-13)21(25)26/h1-8,16-17,22H,9-11H2/p+1/t16-,17-/m0/s1. The van der Waals surface area contributed by atoms with Gasteiger partial charge in [-0.15, -0.1) is 0 Å². The van der Waals surface area contributed by atoms with Crippen LogP contribution in [0.2, 0.25) is 0 Å². The minimum atomic E-state index is -0.668. The highest BCUT2D eigenvalue weighted by molar-refractivity contribution is 5.35. The predicted molar refractivity (Wildman–Crippen MR) is 94.4 cm³/mol. The fraction of sp³-hybridized carbons (Fsp3) is 0.333. The van der Waals surface area contributed by atoms with Gasteiger partial charge in [0.2, 0.25) is 12.5 Å². The topological polar surface area (TPSA) is 129 Å². The Kier molecular flexibility index (Phi) is 4.55. The molecule has 0 aromatic heterocycles. The van der Waals surface area contributed by atoms with Gasteiger partial charge >= 0.3 is 0 Å². The molecule has 2 N–H and O–H groups in total. The van der Waals surface area contributed by atoms with Crippen LogP contribution in [0, 0.1) is 20.2 Å². The van der Waals surface area contributed by atoms with Crippen molar-refractivity contribution in [1.82, 2.24) is 0 Å². The Balaban J connectivity index is 1.67. The van der Waals surface area contributed by atoms with E-state index in [-0.39, 0.29) is 31.2 Å². The molecule has 2 fully saturated rings. The molecule has 28 heavy (non-hydrogen) atoms. The van der Waals surface area contributed by atoms with Gasteiger partial charge in [0.15, 0.2) is 5.54 Å². The second-order valence-electron chi connectivity index (χ2n) is 6.97. The van der Waals surface area contributed by atoms with Gasteiger partial charge in [-0.3, -0.25) is 25.1 Å². The first-order valence-corrected chi connectivity index (χ1v) is 8.65. The van der Waals surface area contributed by atoms with E-state index in [2.05, 4.69) is 0 Å². The Labute approximate surface area is 159 Å². The first-order valence-electron chi connectivity index (χ1n) is 8.65. The zero-order valence-corrected chi connectivity index (χ0v) is 14.7. The molecule has 2 aromatic carbocycles. The van der Waals surface area contributed by atoms with Gasteiger partial charge in [-0.1, -0.05) is 0 Å². The molecule has 2 atom stereocenters. The Hall–Kier alpha value is -2.92. The van der Waals surface area contributed by atoms with E-state index in [1.54, 1.807) is 24.3 Å². The van der Waals surface area contributed by atoms with Crippen LogP contribution in [-0.2, 0) is 9.47 Å². The molecule has 0 unspecified atom stereocenters. The van der Waals surface area contributed by atoms with Gasteiger partial charge in [-0.2, -0.15) is 0 Å². The minimum Gasteiger partial charge on any atom is -0.390 e. The van der Waals surface area contributed by atoms with Crippen LogP contribution in [0.4, 0.5) is 11.4 Å². The van der Waals surface area contributed by atoms with Crippen LogP contribution in [0.5, 0.6) is 0 Å². The summed E-state index contributed by atoms with van der Waals surface area (Å²) in [5.74, 6) is 0. The number of nitro benzene ring substituents is 2. The Morgan fingerprint density at radius 2 is 1.29 bits per heavy atom. The van der Waals surface area contributed by atoms with Crippen molar-refractivity contribution in [2.75, 3.05) is 19.8 Å². The number of nitrogens with one attached hydrogen (secondary N) is 1. The number of rotatable bonds is 5. The van der Waals surface area contributed by atoms with E-state index in [1.165, 1.54) is 24.3 Å². The number of ether oxygens (including phenoxy) is 2. The molecule has 2 saturated heterocycles. The summed E-state index contributed by atoms with van der Waals surface area (Å²) >= 11 is 0. The fourth-order valence-corrected chi connectivity index (χ4v) is 3.84. The maximum Gasteiger partial charge on any atom is 0.269 e. The molecular weight excluding hydrogens is 370 g/mol. The molecule has 0 amide bonds. The highest BCUT2D eigenvalue weighted by Crippen LogP contribution is 2.32. The third-order valence-electron chi connectivity index (χ3n) is 5.35. The summed E-state index contributed by atoms with van der Waals surface area (Å²) < 4.78 is 11.9. The second-order valence-corrected chi connectivity index (χ2v) is 6.97. The second kappa shape index (κ2) is 6.91. The summed E-state index contributed by atoms with van der Waals surface area (Å²) in [6.45, 7) is 0.378. The van der Waals surface area contributed by atoms with Gasteiger partial charge in [-0.25, -0.2) is 0 Å². The molecule has 0 bridgehead atoms. The molecule has 2 aromatic rings. The van der Waals surface area contributed by atoms with E-state index in [9.17, 15) is 25.3 Å². The molecule has 0 radical (unpaired) electrons. The van der Waals surface area contributed by atoms with E-state index in [1.807, 2.05) is 0 Å². The van der Waals surface area contributed by atoms with E-state index in [0.29, 0.717) is 0 Å². The van der Waals surface area contributed by atoms with Gasteiger partial charge in [0.05, 0.1) is 9.85 Å². The average molecular weight is 388 g/mol. The molecular formula is C18H18N3O7+. The minimum absolute atomic E-state index is 0.0187. The van der Waals surface area contributed by atoms with E-state index < -0.39 is 27.8 Å². The predicted octanol–water partition coefficient (Wildman–Crippen LogP) is 0.877. The normalized spacial score (nSPS) is 28.8. The van der Waals surface area contributed by atoms with Crippen molar-refractivity contribution >= 4 is 11.4 Å². The molecule has 0 aliphatic carbocycles. The SMILES string of the molecule is O=[N+]([O-])c1ccc([C@@H]2OCC3(CO)CO[C@@H](c4ccc([N+](=O)[O-])cc4)[NH+]23)cc1. The van der Waals surface area contributed by atoms with Gasteiger partial charge in [0.1, 0.15) is 19.8 Å². The molecule has 2 aliphatic rings. The van der Waals surface area contributed by atoms with Crippen LogP contribution in [0.3, 0.4) is 0 Å². The number of quaternary nitrogens is 1. The van der Waals surface area contributed by atoms with Crippen LogP contribution >= 0.6 is 0 Å². The maximum absolute atomic E-state index is 10.9. The van der Waals surface area contributed by atoms with Crippen molar-refractivity contribution in [3.8, 4) is 0 Å². The molecule has 2 heterocycles. The third-order valence-corrected chi connectivity index (χ3v) is 5.35. The number of hydrogen-bond donors (Lipinski definition) is 2. The van der Waals surface area contributed by atoms with Crippen molar-refractivity contribution in [3.05, 3.63) is 79.9 Å². The van der Waals surface area contributed by atoms with Gasteiger partial charge in [-0.05, 0) is 24.3 Å². The number of aliphatic hydroxyl groups excluding tert-OH is 1. The van der Waals surface area contributed by atoms with Gasteiger partial charge in [0, 0.05) is 35.4 Å². The largest absolute Gasteiger partial charge is 0.390 e. The number of non-ortho nitro benzene ring substituents is 2. The Bertz CT molecular complexity index is 831. The Morgan fingerprint density at radius 1 is 0.893 bits per heavy atom. The zero-order valence-electron chi connectivity index (χ0n) is 14.7. The summed E-state index contributed by atoms with van der Waals surface area (Å²) in [7, 11) is 0. The number of nitrogens with zero attached hydrogens (tertiary/aromatic N) is 2. The van der Waals surface area contributed by atoms with Crippen LogP contribution in [0.25, 0.3) is 0 Å². The van der Waals surface area contributed by atoms with Crippen molar-refractivity contribution in [2.45, 2.75) is 18.0 Å². The van der Waals surface area contributed by atoms with Crippen molar-refractivity contribution in [3.63, 3.8) is 0 Å². The number of nitro groups is 2. The lowest BCUT2D eigenvalue weighted by atomic mass is 10.0. The number of benzene rings is 2. The van der Waals surface area contributed by atoms with E-state index in [0.717, 1.165) is 16.0 Å². The average Bonchev–Trinajstić information content (AvgIpc) is 3.26. The number of fused-ring (bicyclic) bond motifs is 1. The lowest BCUT2D eigenvalue weighted by Crippen LogP contribution is -3.17. The lowest BCUT2D eigenvalue weighted by Gasteiger charge is -2.29. The summed E-state index contributed by atoms with van der Waals surface area (Å²) in [6.07, 6.45) is -0.980. The van der Waals surface area contributed by atoms with Crippen molar-refractivity contribution in [2.24, 2.45) is 0 Å². The monoisotopic (exact) mass is 388 g/mol. The summed E-state index contributed by atoms with van der Waals surface area (Å²) in [4.78, 5) is 21.7. The van der Waals surface area contributed by atoms with E-state index in [4.69, 9.17) is 9.47 Å². The molecule has 0 spiro atoms. The zero-order chi connectivity index (χ0) is 19.9. The van der Waals surface area contributed by atoms with Crippen LogP contribution < -0.4 is 4.90 Å². The van der Waals surface area contributed by atoms with Crippen molar-refractivity contribution < 1.29 is 29.3 Å². The van der Waals surface area contributed by atoms with Crippen LogP contribution in [-0.4, -0.2) is 40.3 Å². The van der Waals surface area contributed by atoms with Crippen LogP contribution in [0.15, 0.2) is 48.5 Å². The molecule has 4 rings (SSSR count). The number of aliphatic hydroxyl groups is 1. The van der Waals surface area contributed by atoms with Gasteiger partial charge < -0.3 is 14.6 Å². The molecule has 10 nitrogen and oxygen atoms in total. The first-order chi connectivity index (χ1) is 13.4. The fourth-order valence-electron chi connectivity index (χ4n) is 3.84. The lowest BCUT2D eigenvalue weighted by molar-refractivity contribution is -1.00. The highest BCUT2D eigenvalue weighted by Gasteiger charge is 2.61. The molecule has 0 saturated carbocycles. The van der Waals surface area contributed by atoms with Gasteiger partial charge in [0.25, 0.3) is 11.4 Å². The maximum atomic E-state index is 10.9. The highest BCUT2D eigenvalue weighted by atomic mass is 16.6. The van der Waals surface area contributed by atoms with Crippen LogP contribution in [0.1, 0.15) is 23.6 Å². The molecule has 10 heteroatoms. The first kappa shape index (κ1) is 18.4. The molecule has 146 valence electrons. The Morgan fingerprint density at radius 3 is 1.61 bits per heavy atom. The quantitative estimate of drug-likeness (QED) is 0.574. The van der Waals surface area contributed by atoms with E-state index >= 15 is 0 Å². The summed E-state index contributed by atoms with van der Waals surface area (Å²) in [5.41, 5.74) is 0.755. The third kappa shape index (κ3) is 2.92. The summed E-state index contributed by atoms with van der Waals surface area (Å²) in [6, 6.07) is 12.2.